The Labute approximate surface area is 152 Å². The van der Waals surface area contributed by atoms with E-state index in [9.17, 15) is 8.42 Å². The van der Waals surface area contributed by atoms with Crippen molar-refractivity contribution in [2.45, 2.75) is 30.8 Å². The Morgan fingerprint density at radius 2 is 1.96 bits per heavy atom. The van der Waals surface area contributed by atoms with E-state index >= 15 is 0 Å². The maximum atomic E-state index is 12.6. The Morgan fingerprint density at radius 1 is 1.15 bits per heavy atom. The molecule has 0 unspecified atom stereocenters. The third-order valence-electron chi connectivity index (χ3n) is 4.65. The minimum Gasteiger partial charge on any atom is -0.344 e. The molecule has 1 aliphatic rings. The van der Waals surface area contributed by atoms with Crippen molar-refractivity contribution in [1.82, 2.24) is 25.0 Å². The van der Waals surface area contributed by atoms with Crippen LogP contribution in [0.5, 0.6) is 0 Å². The zero-order valence-electron chi connectivity index (χ0n) is 14.5. The second-order valence-corrected chi connectivity index (χ2v) is 8.26. The van der Waals surface area contributed by atoms with Gasteiger partial charge >= 0.3 is 0 Å². The van der Waals surface area contributed by atoms with Crippen molar-refractivity contribution in [2.75, 3.05) is 13.1 Å². The van der Waals surface area contributed by atoms with Crippen molar-refractivity contribution in [3.8, 4) is 11.1 Å². The standard InChI is InChI=1S/C18H21N5O2S/c1-12-10-16-15(6-9-20-18(16)22-12)13-2-3-17(21-11-13)26(24,25)23-14-4-7-19-8-5-14/h2-3,6,9-11,14,19,23H,4-5,7-8H2,1H3,(H,20,22). The van der Waals surface area contributed by atoms with Gasteiger partial charge in [-0.3, -0.25) is 0 Å². The van der Waals surface area contributed by atoms with Crippen LogP contribution < -0.4 is 10.0 Å². The van der Waals surface area contributed by atoms with Crippen LogP contribution in [0.3, 0.4) is 0 Å². The summed E-state index contributed by atoms with van der Waals surface area (Å²) < 4.78 is 27.9. The molecule has 3 N–H and O–H groups in total. The summed E-state index contributed by atoms with van der Waals surface area (Å²) in [5, 5.41) is 4.27. The Hall–Kier alpha value is -2.29. The largest absolute Gasteiger partial charge is 0.344 e. The maximum absolute atomic E-state index is 12.6. The average Bonchev–Trinajstić information content (AvgIpc) is 3.02. The number of aromatic amines is 1. The van der Waals surface area contributed by atoms with Crippen LogP contribution in [0.4, 0.5) is 0 Å². The molecule has 1 fully saturated rings. The summed E-state index contributed by atoms with van der Waals surface area (Å²) in [6.07, 6.45) is 4.92. The van der Waals surface area contributed by atoms with E-state index in [0.717, 1.165) is 53.8 Å². The van der Waals surface area contributed by atoms with Crippen LogP contribution in [-0.2, 0) is 10.0 Å². The number of hydrogen-bond acceptors (Lipinski definition) is 5. The third kappa shape index (κ3) is 3.35. The summed E-state index contributed by atoms with van der Waals surface area (Å²) in [6, 6.07) is 7.26. The second-order valence-electron chi connectivity index (χ2n) is 6.60. The van der Waals surface area contributed by atoms with Gasteiger partial charge in [-0.05, 0) is 62.7 Å². The van der Waals surface area contributed by atoms with Gasteiger partial charge in [0.05, 0.1) is 0 Å². The van der Waals surface area contributed by atoms with E-state index in [1.807, 2.05) is 19.1 Å². The van der Waals surface area contributed by atoms with Gasteiger partial charge in [-0.1, -0.05) is 0 Å². The number of rotatable bonds is 4. The molecule has 7 nitrogen and oxygen atoms in total. The number of pyridine rings is 2. The van der Waals surface area contributed by atoms with Crippen molar-refractivity contribution in [1.29, 1.82) is 0 Å². The Bertz CT molecular complexity index is 1020. The zero-order chi connectivity index (χ0) is 18.1. The van der Waals surface area contributed by atoms with Crippen LogP contribution >= 0.6 is 0 Å². The monoisotopic (exact) mass is 371 g/mol. The molecule has 8 heteroatoms. The number of nitrogens with zero attached hydrogens (tertiary/aromatic N) is 2. The first kappa shape index (κ1) is 17.1. The molecule has 0 aliphatic carbocycles. The topological polar surface area (TPSA) is 99.8 Å². The molecule has 4 rings (SSSR count). The fourth-order valence-corrected chi connectivity index (χ4v) is 4.56. The highest BCUT2D eigenvalue weighted by Gasteiger charge is 2.22. The number of sulfonamides is 1. The first-order valence-electron chi connectivity index (χ1n) is 8.67. The minimum atomic E-state index is -3.60. The number of aryl methyl sites for hydroxylation is 1. The molecule has 4 heterocycles. The molecule has 3 aromatic heterocycles. The first-order valence-corrected chi connectivity index (χ1v) is 10.1. The second kappa shape index (κ2) is 6.79. The molecule has 0 aromatic carbocycles. The molecule has 0 bridgehead atoms. The molecule has 0 saturated carbocycles. The highest BCUT2D eigenvalue weighted by molar-refractivity contribution is 7.89. The van der Waals surface area contributed by atoms with Gasteiger partial charge in [-0.15, -0.1) is 0 Å². The number of hydrogen-bond donors (Lipinski definition) is 3. The molecule has 1 aliphatic heterocycles. The zero-order valence-corrected chi connectivity index (χ0v) is 15.3. The van der Waals surface area contributed by atoms with Crippen molar-refractivity contribution < 1.29 is 8.42 Å². The highest BCUT2D eigenvalue weighted by Crippen LogP contribution is 2.28. The molecule has 136 valence electrons. The maximum Gasteiger partial charge on any atom is 0.258 e. The number of aromatic nitrogens is 3. The smallest absolute Gasteiger partial charge is 0.258 e. The predicted molar refractivity (Wildman–Crippen MR) is 100 cm³/mol. The summed E-state index contributed by atoms with van der Waals surface area (Å²) in [5.74, 6) is 0. The summed E-state index contributed by atoms with van der Waals surface area (Å²) in [5.41, 5.74) is 3.67. The lowest BCUT2D eigenvalue weighted by Crippen LogP contribution is -2.42. The van der Waals surface area contributed by atoms with Crippen LogP contribution in [-0.4, -0.2) is 42.5 Å². The molecule has 0 amide bonds. The Morgan fingerprint density at radius 3 is 2.69 bits per heavy atom. The van der Waals surface area contributed by atoms with E-state index < -0.39 is 10.0 Å². The van der Waals surface area contributed by atoms with E-state index in [1.54, 1.807) is 24.5 Å². The van der Waals surface area contributed by atoms with E-state index in [2.05, 4.69) is 25.0 Å². The highest BCUT2D eigenvalue weighted by atomic mass is 32.2. The van der Waals surface area contributed by atoms with Crippen LogP contribution in [0, 0.1) is 6.92 Å². The van der Waals surface area contributed by atoms with Gasteiger partial charge in [0.1, 0.15) is 5.65 Å². The van der Waals surface area contributed by atoms with Crippen LogP contribution in [0.1, 0.15) is 18.5 Å². The van der Waals surface area contributed by atoms with Gasteiger partial charge in [-0.2, -0.15) is 0 Å². The van der Waals surface area contributed by atoms with E-state index in [4.69, 9.17) is 0 Å². The molecule has 0 spiro atoms. The van der Waals surface area contributed by atoms with E-state index in [1.165, 1.54) is 0 Å². The van der Waals surface area contributed by atoms with Gasteiger partial charge < -0.3 is 10.3 Å². The number of nitrogens with one attached hydrogen (secondary N) is 3. The third-order valence-corrected chi connectivity index (χ3v) is 6.09. The van der Waals surface area contributed by atoms with Crippen LogP contribution in [0.15, 0.2) is 41.7 Å². The molecule has 1 saturated heterocycles. The van der Waals surface area contributed by atoms with Gasteiger partial charge in [-0.25, -0.2) is 23.1 Å². The van der Waals surface area contributed by atoms with Crippen molar-refractivity contribution in [2.24, 2.45) is 0 Å². The van der Waals surface area contributed by atoms with Gasteiger partial charge in [0.25, 0.3) is 10.0 Å². The summed E-state index contributed by atoms with van der Waals surface area (Å²) in [7, 11) is -3.60. The lowest BCUT2D eigenvalue weighted by molar-refractivity contribution is 0.426. The normalized spacial score (nSPS) is 16.2. The first-order chi connectivity index (χ1) is 12.5. The van der Waals surface area contributed by atoms with E-state index in [-0.39, 0.29) is 11.1 Å². The van der Waals surface area contributed by atoms with Crippen LogP contribution in [0.2, 0.25) is 0 Å². The lowest BCUT2D eigenvalue weighted by Gasteiger charge is -2.23. The van der Waals surface area contributed by atoms with Crippen molar-refractivity contribution in [3.05, 3.63) is 42.4 Å². The van der Waals surface area contributed by atoms with Gasteiger partial charge in [0, 0.05) is 35.1 Å². The molecule has 3 aromatic rings. The minimum absolute atomic E-state index is 0.0367. The summed E-state index contributed by atoms with van der Waals surface area (Å²) in [4.78, 5) is 11.7. The molecule has 0 radical (unpaired) electrons. The Balaban J connectivity index is 1.61. The number of fused-ring (bicyclic) bond motifs is 1. The van der Waals surface area contributed by atoms with Crippen molar-refractivity contribution in [3.63, 3.8) is 0 Å². The lowest BCUT2D eigenvalue weighted by atomic mass is 10.1. The predicted octanol–water partition coefficient (Wildman–Crippen LogP) is 1.96. The fourth-order valence-electron chi connectivity index (χ4n) is 3.33. The molecule has 26 heavy (non-hydrogen) atoms. The SMILES string of the molecule is Cc1cc2c(-c3ccc(S(=O)(=O)NC4CCNCC4)nc3)ccnc2[nH]1. The fraction of sp³-hybridized carbons (Fsp3) is 0.333. The summed E-state index contributed by atoms with van der Waals surface area (Å²) >= 11 is 0. The van der Waals surface area contributed by atoms with Crippen molar-refractivity contribution >= 4 is 21.1 Å². The Kier molecular flexibility index (Phi) is 4.47. The molecule has 0 atom stereocenters. The van der Waals surface area contributed by atoms with Gasteiger partial charge in [0.2, 0.25) is 0 Å². The number of H-pyrrole nitrogens is 1. The summed E-state index contributed by atoms with van der Waals surface area (Å²) in [6.45, 7) is 3.63. The van der Waals surface area contributed by atoms with E-state index in [0.29, 0.717) is 0 Å². The average molecular weight is 371 g/mol. The molecular weight excluding hydrogens is 350 g/mol. The van der Waals surface area contributed by atoms with Crippen LogP contribution in [0.25, 0.3) is 22.2 Å². The quantitative estimate of drug-likeness (QED) is 0.651. The number of piperidine rings is 1. The molecular formula is C18H21N5O2S. The van der Waals surface area contributed by atoms with Gasteiger partial charge in [0.15, 0.2) is 5.03 Å².